The Labute approximate surface area is 121 Å². The fourth-order valence-electron chi connectivity index (χ4n) is 2.41. The van der Waals surface area contributed by atoms with Gasteiger partial charge in [-0.25, -0.2) is 4.68 Å². The van der Waals surface area contributed by atoms with E-state index in [4.69, 9.17) is 0 Å². The molecule has 7 nitrogen and oxygen atoms in total. The SMILES string of the molecule is Cc1cccc(N2CC(C(=O)Nn3cnnc3)CC2=O)c1. The van der Waals surface area contributed by atoms with Crippen molar-refractivity contribution in [2.75, 3.05) is 16.9 Å². The van der Waals surface area contributed by atoms with Gasteiger partial charge in [0.05, 0.1) is 5.92 Å². The van der Waals surface area contributed by atoms with Crippen molar-refractivity contribution in [1.82, 2.24) is 14.9 Å². The molecule has 1 aliphatic rings. The molecule has 1 aromatic carbocycles. The molecule has 1 aromatic heterocycles. The maximum atomic E-state index is 12.1. The first kappa shape index (κ1) is 13.3. The van der Waals surface area contributed by atoms with Gasteiger partial charge in [-0.1, -0.05) is 12.1 Å². The van der Waals surface area contributed by atoms with Crippen molar-refractivity contribution in [1.29, 1.82) is 0 Å². The number of hydrogen-bond donors (Lipinski definition) is 1. The highest BCUT2D eigenvalue weighted by Gasteiger charge is 2.35. The molecule has 1 atom stereocenters. The van der Waals surface area contributed by atoms with Crippen LogP contribution in [-0.4, -0.2) is 33.2 Å². The zero-order chi connectivity index (χ0) is 14.8. The third-order valence-corrected chi connectivity index (χ3v) is 3.47. The van der Waals surface area contributed by atoms with Crippen LogP contribution in [0.3, 0.4) is 0 Å². The fraction of sp³-hybridized carbons (Fsp3) is 0.286. The Bertz CT molecular complexity index is 668. The predicted octanol–water partition coefficient (Wildman–Crippen LogP) is 0.710. The Morgan fingerprint density at radius 3 is 2.81 bits per heavy atom. The number of aryl methyl sites for hydroxylation is 1. The molecule has 108 valence electrons. The second kappa shape index (κ2) is 5.35. The lowest BCUT2D eigenvalue weighted by Crippen LogP contribution is -2.31. The van der Waals surface area contributed by atoms with E-state index in [1.165, 1.54) is 17.3 Å². The van der Waals surface area contributed by atoms with E-state index in [9.17, 15) is 9.59 Å². The normalized spacial score (nSPS) is 18.0. The maximum Gasteiger partial charge on any atom is 0.244 e. The lowest BCUT2D eigenvalue weighted by atomic mass is 10.1. The van der Waals surface area contributed by atoms with Crippen LogP contribution in [0, 0.1) is 12.8 Å². The van der Waals surface area contributed by atoms with E-state index < -0.39 is 0 Å². The Kier molecular flexibility index (Phi) is 3.39. The van der Waals surface area contributed by atoms with Crippen LogP contribution in [0.5, 0.6) is 0 Å². The lowest BCUT2D eigenvalue weighted by Gasteiger charge is -2.17. The summed E-state index contributed by atoms with van der Waals surface area (Å²) in [5, 5.41) is 7.22. The van der Waals surface area contributed by atoms with Gasteiger partial charge in [0.1, 0.15) is 12.7 Å². The molecule has 2 amide bonds. The van der Waals surface area contributed by atoms with Crippen LogP contribution in [0.15, 0.2) is 36.9 Å². The van der Waals surface area contributed by atoms with E-state index in [0.717, 1.165) is 11.3 Å². The van der Waals surface area contributed by atoms with E-state index in [-0.39, 0.29) is 24.2 Å². The number of anilines is 1. The Balaban J connectivity index is 1.71. The molecular weight excluding hydrogens is 270 g/mol. The van der Waals surface area contributed by atoms with Crippen LogP contribution in [0.1, 0.15) is 12.0 Å². The summed E-state index contributed by atoms with van der Waals surface area (Å²) in [6, 6.07) is 7.70. The van der Waals surface area contributed by atoms with E-state index in [1.807, 2.05) is 31.2 Å². The number of amides is 2. The molecule has 0 saturated carbocycles. The maximum absolute atomic E-state index is 12.1. The van der Waals surface area contributed by atoms with E-state index >= 15 is 0 Å². The molecule has 1 N–H and O–H groups in total. The monoisotopic (exact) mass is 285 g/mol. The van der Waals surface area contributed by atoms with Crippen molar-refractivity contribution >= 4 is 17.5 Å². The van der Waals surface area contributed by atoms with Crippen LogP contribution < -0.4 is 10.3 Å². The quantitative estimate of drug-likeness (QED) is 0.900. The molecule has 3 rings (SSSR count). The van der Waals surface area contributed by atoms with E-state index in [0.29, 0.717) is 6.54 Å². The minimum Gasteiger partial charge on any atom is -0.312 e. The lowest BCUT2D eigenvalue weighted by molar-refractivity contribution is -0.123. The Morgan fingerprint density at radius 1 is 1.33 bits per heavy atom. The number of nitrogens with one attached hydrogen (secondary N) is 1. The first-order chi connectivity index (χ1) is 10.1. The minimum atomic E-state index is -0.375. The van der Waals surface area contributed by atoms with Crippen LogP contribution in [-0.2, 0) is 9.59 Å². The zero-order valence-corrected chi connectivity index (χ0v) is 11.6. The summed E-state index contributed by atoms with van der Waals surface area (Å²) < 4.78 is 1.38. The van der Waals surface area contributed by atoms with Crippen molar-refractivity contribution in [2.45, 2.75) is 13.3 Å². The van der Waals surface area contributed by atoms with Crippen molar-refractivity contribution in [2.24, 2.45) is 5.92 Å². The number of benzene rings is 1. The summed E-state index contributed by atoms with van der Waals surface area (Å²) in [5.74, 6) is -0.622. The van der Waals surface area contributed by atoms with E-state index in [2.05, 4.69) is 15.6 Å². The largest absolute Gasteiger partial charge is 0.312 e. The molecule has 1 saturated heterocycles. The Hall–Kier alpha value is -2.70. The average molecular weight is 285 g/mol. The van der Waals surface area contributed by atoms with Crippen LogP contribution in [0.2, 0.25) is 0 Å². The van der Waals surface area contributed by atoms with Crippen molar-refractivity contribution in [3.05, 3.63) is 42.5 Å². The molecule has 1 fully saturated rings. The smallest absolute Gasteiger partial charge is 0.244 e. The number of hydrogen-bond acceptors (Lipinski definition) is 4. The molecular formula is C14H15N5O2. The molecule has 0 spiro atoms. The van der Waals surface area contributed by atoms with Gasteiger partial charge in [0.15, 0.2) is 0 Å². The van der Waals surface area contributed by atoms with E-state index in [1.54, 1.807) is 4.90 Å². The van der Waals surface area contributed by atoms with Crippen LogP contribution in [0.4, 0.5) is 5.69 Å². The summed E-state index contributed by atoms with van der Waals surface area (Å²) in [5.41, 5.74) is 4.56. The third kappa shape index (κ3) is 2.76. The van der Waals surface area contributed by atoms with Crippen LogP contribution in [0.25, 0.3) is 0 Å². The van der Waals surface area contributed by atoms with Gasteiger partial charge in [-0.3, -0.25) is 15.0 Å². The number of aromatic nitrogens is 3. The number of carbonyl (C=O) groups excluding carboxylic acids is 2. The predicted molar refractivity (Wildman–Crippen MR) is 76.0 cm³/mol. The fourth-order valence-corrected chi connectivity index (χ4v) is 2.41. The molecule has 0 radical (unpaired) electrons. The average Bonchev–Trinajstić information content (AvgIpc) is 3.08. The highest BCUT2D eigenvalue weighted by molar-refractivity contribution is 6.01. The molecule has 0 bridgehead atoms. The summed E-state index contributed by atoms with van der Waals surface area (Å²) in [6.07, 6.45) is 3.00. The molecule has 21 heavy (non-hydrogen) atoms. The molecule has 7 heteroatoms. The topological polar surface area (TPSA) is 80.1 Å². The second-order valence-electron chi connectivity index (χ2n) is 5.09. The summed E-state index contributed by atoms with van der Waals surface area (Å²) >= 11 is 0. The summed E-state index contributed by atoms with van der Waals surface area (Å²) in [4.78, 5) is 25.9. The first-order valence-electron chi connectivity index (χ1n) is 6.66. The molecule has 2 heterocycles. The zero-order valence-electron chi connectivity index (χ0n) is 11.6. The number of carbonyl (C=O) groups is 2. The van der Waals surface area contributed by atoms with Gasteiger partial charge in [0.2, 0.25) is 11.8 Å². The third-order valence-electron chi connectivity index (χ3n) is 3.47. The standard InChI is InChI=1S/C14H15N5O2/c1-10-3-2-4-12(5-10)19-7-11(6-13(19)20)14(21)17-18-8-15-16-9-18/h2-5,8-9,11H,6-7H2,1H3,(H,17,21). The number of nitrogens with zero attached hydrogens (tertiary/aromatic N) is 4. The van der Waals surface area contributed by atoms with Gasteiger partial charge in [0, 0.05) is 18.7 Å². The van der Waals surface area contributed by atoms with Gasteiger partial charge in [0.25, 0.3) is 0 Å². The molecule has 0 aliphatic carbocycles. The molecule has 1 unspecified atom stereocenters. The Morgan fingerprint density at radius 2 is 2.10 bits per heavy atom. The highest BCUT2D eigenvalue weighted by Crippen LogP contribution is 2.25. The molecule has 1 aliphatic heterocycles. The van der Waals surface area contributed by atoms with Crippen molar-refractivity contribution in [3.63, 3.8) is 0 Å². The van der Waals surface area contributed by atoms with Crippen molar-refractivity contribution in [3.8, 4) is 0 Å². The van der Waals surface area contributed by atoms with Gasteiger partial charge < -0.3 is 4.90 Å². The summed E-state index contributed by atoms with van der Waals surface area (Å²) in [7, 11) is 0. The van der Waals surface area contributed by atoms with Gasteiger partial charge in [-0.15, -0.1) is 10.2 Å². The highest BCUT2D eigenvalue weighted by atomic mass is 16.2. The van der Waals surface area contributed by atoms with Gasteiger partial charge >= 0.3 is 0 Å². The second-order valence-corrected chi connectivity index (χ2v) is 5.09. The molecule has 2 aromatic rings. The first-order valence-corrected chi connectivity index (χ1v) is 6.66. The van der Waals surface area contributed by atoms with Crippen LogP contribution >= 0.6 is 0 Å². The van der Waals surface area contributed by atoms with Gasteiger partial charge in [-0.2, -0.15) is 0 Å². The minimum absolute atomic E-state index is 0.0375. The van der Waals surface area contributed by atoms with Crippen molar-refractivity contribution < 1.29 is 9.59 Å². The summed E-state index contributed by atoms with van der Waals surface area (Å²) in [6.45, 7) is 2.36. The number of rotatable bonds is 3. The van der Waals surface area contributed by atoms with Gasteiger partial charge in [-0.05, 0) is 24.6 Å².